The second kappa shape index (κ2) is 13.3. The van der Waals surface area contributed by atoms with Crippen LogP contribution in [0.5, 0.6) is 0 Å². The van der Waals surface area contributed by atoms with E-state index in [1.165, 1.54) is 72.7 Å². The van der Waals surface area contributed by atoms with E-state index in [-0.39, 0.29) is 0 Å². The Morgan fingerprint density at radius 3 is 1.05 bits per heavy atom. The standard InChI is InChI=1S/C54H34N2S2/c1-3-15-41(16-4-1)55(43-21-19-35-11-7-9-13-37(35)27-43)45-23-25-47-49-29-39-30-50-48-26-24-46(34-54(48)58-52(50)32-40(39)31-51(49)57-53(47)33-45)56(42-17-5-2-6-18-42)44-22-20-36-12-8-10-14-38(36)28-44/h1-34H. The third-order valence-electron chi connectivity index (χ3n) is 11.5. The van der Waals surface area contributed by atoms with E-state index in [4.69, 9.17) is 0 Å². The first-order valence-corrected chi connectivity index (χ1v) is 21.3. The zero-order chi connectivity index (χ0) is 38.2. The average Bonchev–Trinajstić information content (AvgIpc) is 3.81. The molecule has 2 nitrogen and oxygen atoms in total. The van der Waals surface area contributed by atoms with Gasteiger partial charge in [0.05, 0.1) is 0 Å². The van der Waals surface area contributed by atoms with Gasteiger partial charge in [-0.1, -0.05) is 109 Å². The number of fused-ring (bicyclic) bond motifs is 9. The highest BCUT2D eigenvalue weighted by Crippen LogP contribution is 2.45. The lowest BCUT2D eigenvalue weighted by atomic mass is 10.0. The number of para-hydroxylation sites is 2. The molecule has 0 unspecified atom stereocenters. The highest BCUT2D eigenvalue weighted by Gasteiger charge is 2.18. The molecule has 0 radical (unpaired) electrons. The number of thiophene rings is 2. The highest BCUT2D eigenvalue weighted by atomic mass is 32.1. The van der Waals surface area contributed by atoms with Crippen molar-refractivity contribution in [3.05, 3.63) is 206 Å². The van der Waals surface area contributed by atoms with Crippen molar-refractivity contribution in [2.24, 2.45) is 0 Å². The van der Waals surface area contributed by atoms with Crippen molar-refractivity contribution in [2.75, 3.05) is 9.80 Å². The second-order valence-electron chi connectivity index (χ2n) is 15.0. The van der Waals surface area contributed by atoms with Gasteiger partial charge in [-0.3, -0.25) is 0 Å². The van der Waals surface area contributed by atoms with Gasteiger partial charge in [0, 0.05) is 74.5 Å². The van der Waals surface area contributed by atoms with E-state index in [1.807, 2.05) is 22.7 Å². The molecule has 12 rings (SSSR count). The van der Waals surface area contributed by atoms with Crippen molar-refractivity contribution in [2.45, 2.75) is 0 Å². The zero-order valence-corrected chi connectivity index (χ0v) is 33.0. The van der Waals surface area contributed by atoms with Crippen LogP contribution in [0.15, 0.2) is 206 Å². The minimum atomic E-state index is 1.14. The quantitative estimate of drug-likeness (QED) is 0.166. The summed E-state index contributed by atoms with van der Waals surface area (Å²) in [5, 5.41) is 12.7. The van der Waals surface area contributed by atoms with Gasteiger partial charge in [0.1, 0.15) is 0 Å². The summed E-state index contributed by atoms with van der Waals surface area (Å²) in [5.41, 5.74) is 6.90. The van der Waals surface area contributed by atoms with Crippen LogP contribution in [0.2, 0.25) is 0 Å². The molecule has 0 aliphatic rings. The Labute approximate surface area is 343 Å². The minimum Gasteiger partial charge on any atom is -0.310 e. The van der Waals surface area contributed by atoms with Gasteiger partial charge in [0.2, 0.25) is 0 Å². The molecule has 0 saturated carbocycles. The molecular weight excluding hydrogens is 741 g/mol. The van der Waals surface area contributed by atoms with Gasteiger partial charge in [-0.05, 0) is 129 Å². The van der Waals surface area contributed by atoms with E-state index in [0.29, 0.717) is 0 Å². The zero-order valence-electron chi connectivity index (χ0n) is 31.3. The van der Waals surface area contributed by atoms with Crippen LogP contribution in [0.25, 0.3) is 72.7 Å². The largest absolute Gasteiger partial charge is 0.310 e. The molecule has 0 N–H and O–H groups in total. The van der Waals surface area contributed by atoms with Crippen molar-refractivity contribution in [3.8, 4) is 0 Å². The van der Waals surface area contributed by atoms with Crippen LogP contribution in [0.3, 0.4) is 0 Å². The molecule has 0 saturated heterocycles. The molecule has 10 aromatic carbocycles. The molecule has 0 amide bonds. The summed E-state index contributed by atoms with van der Waals surface area (Å²) in [6.45, 7) is 0. The highest BCUT2D eigenvalue weighted by molar-refractivity contribution is 7.26. The van der Waals surface area contributed by atoms with E-state index in [0.717, 1.165) is 34.1 Å². The fourth-order valence-corrected chi connectivity index (χ4v) is 11.1. The summed E-state index contributed by atoms with van der Waals surface area (Å²) in [4.78, 5) is 4.75. The fraction of sp³-hybridized carbons (Fsp3) is 0. The summed E-state index contributed by atoms with van der Waals surface area (Å²) < 4.78 is 5.21. The molecular formula is C54H34N2S2. The second-order valence-corrected chi connectivity index (χ2v) is 17.2. The number of hydrogen-bond donors (Lipinski definition) is 0. The Kier molecular flexibility index (Phi) is 7.62. The van der Waals surface area contributed by atoms with Crippen LogP contribution in [0, 0.1) is 0 Å². The van der Waals surface area contributed by atoms with Gasteiger partial charge in [0.15, 0.2) is 0 Å². The van der Waals surface area contributed by atoms with Gasteiger partial charge in [-0.25, -0.2) is 0 Å². The SMILES string of the molecule is c1ccc(N(c2ccc3ccccc3c2)c2ccc3c(c2)sc2cc4cc5sc6cc(N(c7ccccc7)c7ccc8ccccc8c7)ccc6c5cc4cc23)cc1. The van der Waals surface area contributed by atoms with E-state index in [1.54, 1.807) is 0 Å². The minimum absolute atomic E-state index is 1.14. The van der Waals surface area contributed by atoms with Gasteiger partial charge in [0.25, 0.3) is 0 Å². The first-order valence-electron chi connectivity index (χ1n) is 19.6. The molecule has 0 atom stereocenters. The third kappa shape index (κ3) is 5.53. The van der Waals surface area contributed by atoms with Gasteiger partial charge < -0.3 is 9.80 Å². The number of benzene rings is 10. The van der Waals surface area contributed by atoms with Gasteiger partial charge in [-0.15, -0.1) is 22.7 Å². The summed E-state index contributed by atoms with van der Waals surface area (Å²) in [5.74, 6) is 0. The van der Waals surface area contributed by atoms with Crippen LogP contribution >= 0.6 is 22.7 Å². The van der Waals surface area contributed by atoms with Crippen molar-refractivity contribution in [1.29, 1.82) is 0 Å². The molecule has 2 heterocycles. The molecule has 0 fully saturated rings. The molecule has 0 aliphatic carbocycles. The molecule has 0 bridgehead atoms. The average molecular weight is 775 g/mol. The Bertz CT molecular complexity index is 3300. The topological polar surface area (TPSA) is 6.48 Å². The van der Waals surface area contributed by atoms with E-state index < -0.39 is 0 Å². The lowest BCUT2D eigenvalue weighted by Crippen LogP contribution is -2.09. The molecule has 0 spiro atoms. The van der Waals surface area contributed by atoms with Crippen molar-refractivity contribution in [1.82, 2.24) is 0 Å². The lowest BCUT2D eigenvalue weighted by molar-refractivity contribution is 1.30. The number of hydrogen-bond acceptors (Lipinski definition) is 4. The van der Waals surface area contributed by atoms with Crippen LogP contribution < -0.4 is 9.80 Å². The normalized spacial score (nSPS) is 11.8. The van der Waals surface area contributed by atoms with Crippen LogP contribution in [-0.2, 0) is 0 Å². The van der Waals surface area contributed by atoms with Gasteiger partial charge in [-0.2, -0.15) is 0 Å². The van der Waals surface area contributed by atoms with Crippen molar-refractivity contribution < 1.29 is 0 Å². The fourth-order valence-electron chi connectivity index (χ4n) is 8.73. The first-order chi connectivity index (χ1) is 28.7. The number of nitrogens with zero attached hydrogens (tertiary/aromatic N) is 2. The van der Waals surface area contributed by atoms with E-state index >= 15 is 0 Å². The summed E-state index contributed by atoms with van der Waals surface area (Å²) in [6.07, 6.45) is 0. The van der Waals surface area contributed by atoms with E-state index in [2.05, 4.69) is 216 Å². The number of anilines is 6. The third-order valence-corrected chi connectivity index (χ3v) is 13.7. The Hall–Kier alpha value is -6.98. The lowest BCUT2D eigenvalue weighted by Gasteiger charge is -2.26. The molecule has 272 valence electrons. The molecule has 58 heavy (non-hydrogen) atoms. The predicted molar refractivity (Wildman–Crippen MR) is 254 cm³/mol. The number of rotatable bonds is 6. The Balaban J connectivity index is 0.954. The van der Waals surface area contributed by atoms with Crippen LogP contribution in [-0.4, -0.2) is 0 Å². The monoisotopic (exact) mass is 774 g/mol. The summed E-state index contributed by atoms with van der Waals surface area (Å²) >= 11 is 3.77. The molecule has 12 aromatic rings. The summed E-state index contributed by atoms with van der Waals surface area (Å²) in [7, 11) is 0. The maximum absolute atomic E-state index is 2.41. The maximum Gasteiger partial charge on any atom is 0.0476 e. The van der Waals surface area contributed by atoms with Crippen LogP contribution in [0.1, 0.15) is 0 Å². The predicted octanol–water partition coefficient (Wildman–Crippen LogP) is 16.8. The van der Waals surface area contributed by atoms with Crippen molar-refractivity contribution >= 4 is 129 Å². The van der Waals surface area contributed by atoms with Crippen molar-refractivity contribution in [3.63, 3.8) is 0 Å². The Morgan fingerprint density at radius 2 is 0.586 bits per heavy atom. The van der Waals surface area contributed by atoms with Gasteiger partial charge >= 0.3 is 0 Å². The Morgan fingerprint density at radius 1 is 0.224 bits per heavy atom. The molecule has 4 heteroatoms. The van der Waals surface area contributed by atoms with E-state index in [9.17, 15) is 0 Å². The van der Waals surface area contributed by atoms with Crippen LogP contribution in [0.4, 0.5) is 34.1 Å². The molecule has 0 aliphatic heterocycles. The first kappa shape index (κ1) is 33.2. The maximum atomic E-state index is 2.41. The molecule has 2 aromatic heterocycles. The smallest absolute Gasteiger partial charge is 0.0476 e. The summed E-state index contributed by atoms with van der Waals surface area (Å²) in [6, 6.07) is 75.6.